The molecule has 0 aromatic rings. The Morgan fingerprint density at radius 2 is 1.75 bits per heavy atom. The third kappa shape index (κ3) is 3.10. The van der Waals surface area contributed by atoms with E-state index in [1.54, 1.807) is 15.5 Å². The van der Waals surface area contributed by atoms with E-state index in [9.17, 15) is 13.2 Å². The van der Waals surface area contributed by atoms with Crippen LogP contribution in [0.4, 0.5) is 0 Å². The number of hydrogen-bond donors (Lipinski definition) is 0. The van der Waals surface area contributed by atoms with E-state index in [-0.39, 0.29) is 17.5 Å². The summed E-state index contributed by atoms with van der Waals surface area (Å²) in [6.07, 6.45) is 7.95. The fourth-order valence-corrected chi connectivity index (χ4v) is 7.10. The zero-order valence-corrected chi connectivity index (χ0v) is 15.9. The van der Waals surface area contributed by atoms with Crippen LogP contribution in [0.2, 0.25) is 0 Å². The van der Waals surface area contributed by atoms with Gasteiger partial charge in [-0.2, -0.15) is 17.0 Å². The molecule has 1 aliphatic carbocycles. The Labute approximate surface area is 146 Å². The Morgan fingerprint density at radius 1 is 1.12 bits per heavy atom. The number of carbonyl (C=O) groups is 1. The fraction of sp³-hybridized carbons (Fsp3) is 0.941. The molecule has 2 aliphatic heterocycles. The molecule has 2 heterocycles. The third-order valence-corrected chi connectivity index (χ3v) is 8.27. The van der Waals surface area contributed by atoms with E-state index in [1.807, 2.05) is 11.8 Å². The van der Waals surface area contributed by atoms with Gasteiger partial charge in [-0.05, 0) is 39.0 Å². The van der Waals surface area contributed by atoms with Gasteiger partial charge in [0.15, 0.2) is 0 Å². The molecule has 3 fully saturated rings. The number of hydrogen-bond acceptors (Lipinski definition) is 3. The lowest BCUT2D eigenvalue weighted by molar-refractivity contribution is -0.130. The van der Waals surface area contributed by atoms with Gasteiger partial charge in [0.1, 0.15) is 0 Å². The quantitative estimate of drug-likeness (QED) is 0.773. The minimum atomic E-state index is -3.42. The molecule has 1 spiro atoms. The summed E-state index contributed by atoms with van der Waals surface area (Å²) in [5.41, 5.74) is -0.271. The second kappa shape index (κ2) is 6.92. The summed E-state index contributed by atoms with van der Waals surface area (Å²) in [4.78, 5) is 13.9. The van der Waals surface area contributed by atoms with Crippen LogP contribution in [-0.4, -0.2) is 65.6 Å². The van der Waals surface area contributed by atoms with Crippen LogP contribution in [0.1, 0.15) is 65.2 Å². The number of likely N-dealkylation sites (N-methyl/N-ethyl adjacent to an activating group) is 1. The first-order valence-electron chi connectivity index (χ1n) is 9.46. The van der Waals surface area contributed by atoms with Crippen LogP contribution in [0.15, 0.2) is 0 Å². The lowest BCUT2D eigenvalue weighted by Crippen LogP contribution is -2.53. The van der Waals surface area contributed by atoms with Crippen molar-refractivity contribution < 1.29 is 13.2 Å². The van der Waals surface area contributed by atoms with Gasteiger partial charge in [0.05, 0.1) is 0 Å². The molecule has 1 saturated carbocycles. The van der Waals surface area contributed by atoms with Crippen LogP contribution < -0.4 is 0 Å². The highest BCUT2D eigenvalue weighted by atomic mass is 32.2. The summed E-state index contributed by atoms with van der Waals surface area (Å²) >= 11 is 0. The van der Waals surface area contributed by atoms with Crippen LogP contribution >= 0.6 is 0 Å². The summed E-state index contributed by atoms with van der Waals surface area (Å²) in [5.74, 6) is 0.0499. The molecule has 1 amide bonds. The van der Waals surface area contributed by atoms with E-state index in [4.69, 9.17) is 0 Å². The van der Waals surface area contributed by atoms with Crippen LogP contribution in [-0.2, 0) is 15.0 Å². The number of nitrogens with zero attached hydrogens (tertiary/aromatic N) is 3. The Balaban J connectivity index is 1.90. The van der Waals surface area contributed by atoms with Crippen LogP contribution in [0.3, 0.4) is 0 Å². The van der Waals surface area contributed by atoms with Crippen molar-refractivity contribution in [2.24, 2.45) is 0 Å². The smallest absolute Gasteiger partial charge is 0.282 e. The molecular formula is C17H31N3O3S. The minimum Gasteiger partial charge on any atom is -0.339 e. The Hall–Kier alpha value is -0.660. The first-order chi connectivity index (χ1) is 11.4. The summed E-state index contributed by atoms with van der Waals surface area (Å²) in [6.45, 7) is 5.97. The summed E-state index contributed by atoms with van der Waals surface area (Å²) in [5, 5.41) is 0. The van der Waals surface area contributed by atoms with Gasteiger partial charge >= 0.3 is 0 Å². The van der Waals surface area contributed by atoms with Crippen LogP contribution in [0.25, 0.3) is 0 Å². The maximum atomic E-state index is 13.3. The Bertz CT molecular complexity index is 566. The van der Waals surface area contributed by atoms with Crippen molar-refractivity contribution in [1.29, 1.82) is 0 Å². The molecule has 0 aromatic carbocycles. The van der Waals surface area contributed by atoms with E-state index in [0.717, 1.165) is 44.9 Å². The van der Waals surface area contributed by atoms with E-state index >= 15 is 0 Å². The largest absolute Gasteiger partial charge is 0.339 e. The zero-order valence-electron chi connectivity index (χ0n) is 15.0. The van der Waals surface area contributed by atoms with Crippen LogP contribution in [0.5, 0.6) is 0 Å². The van der Waals surface area contributed by atoms with Crippen molar-refractivity contribution in [3.8, 4) is 0 Å². The number of amides is 1. The summed E-state index contributed by atoms with van der Waals surface area (Å²) in [6, 6.07) is 0.0166. The first kappa shape index (κ1) is 18.1. The van der Waals surface area contributed by atoms with Gasteiger partial charge in [0, 0.05) is 44.7 Å². The molecule has 6 nitrogen and oxygen atoms in total. The van der Waals surface area contributed by atoms with Crippen molar-refractivity contribution in [2.75, 3.05) is 26.2 Å². The van der Waals surface area contributed by atoms with Crippen molar-refractivity contribution >= 4 is 16.1 Å². The third-order valence-electron chi connectivity index (χ3n) is 6.16. The van der Waals surface area contributed by atoms with E-state index in [2.05, 4.69) is 0 Å². The summed E-state index contributed by atoms with van der Waals surface area (Å²) < 4.78 is 30.0. The second-order valence-corrected chi connectivity index (χ2v) is 9.45. The van der Waals surface area contributed by atoms with Gasteiger partial charge in [-0.15, -0.1) is 0 Å². The molecule has 0 aromatic heterocycles. The topological polar surface area (TPSA) is 60.9 Å². The molecule has 0 unspecified atom stereocenters. The van der Waals surface area contributed by atoms with Crippen molar-refractivity contribution in [3.05, 3.63) is 0 Å². The van der Waals surface area contributed by atoms with Gasteiger partial charge in [-0.3, -0.25) is 4.79 Å². The Morgan fingerprint density at radius 3 is 2.29 bits per heavy atom. The molecular weight excluding hydrogens is 326 g/mol. The predicted molar refractivity (Wildman–Crippen MR) is 93.7 cm³/mol. The highest BCUT2D eigenvalue weighted by molar-refractivity contribution is 7.86. The van der Waals surface area contributed by atoms with Crippen molar-refractivity contribution in [2.45, 2.75) is 76.8 Å². The molecule has 24 heavy (non-hydrogen) atoms. The lowest BCUT2D eigenvalue weighted by Gasteiger charge is -2.41. The molecule has 1 atom stereocenters. The fourth-order valence-electron chi connectivity index (χ4n) is 5.00. The highest BCUT2D eigenvalue weighted by Crippen LogP contribution is 2.45. The molecule has 3 rings (SSSR count). The van der Waals surface area contributed by atoms with Gasteiger partial charge < -0.3 is 4.90 Å². The Kier molecular flexibility index (Phi) is 5.23. The standard InChI is InChI=1S/C17H31N3O3S/c1-3-19(15(2)21)16-13-17(9-5-4-6-10-17)20(14-16)24(22,23)18-11-7-8-12-18/h16H,3-14H2,1-2H3/t16-/m0/s1. The average molecular weight is 358 g/mol. The number of carbonyl (C=O) groups excluding carboxylic acids is 1. The molecule has 0 bridgehead atoms. The molecule has 138 valence electrons. The SMILES string of the molecule is CCN(C(C)=O)[C@@H]1CN(S(=O)(=O)N2CCCC2)C2(CCCCC2)C1. The van der Waals surface area contributed by atoms with Gasteiger partial charge in [-0.25, -0.2) is 0 Å². The van der Waals surface area contributed by atoms with E-state index in [0.29, 0.717) is 26.2 Å². The molecule has 7 heteroatoms. The van der Waals surface area contributed by atoms with E-state index < -0.39 is 10.2 Å². The molecule has 0 N–H and O–H groups in total. The van der Waals surface area contributed by atoms with E-state index in [1.165, 1.54) is 6.42 Å². The maximum absolute atomic E-state index is 13.3. The highest BCUT2D eigenvalue weighted by Gasteiger charge is 2.54. The number of rotatable bonds is 4. The van der Waals surface area contributed by atoms with Crippen LogP contribution in [0, 0.1) is 0 Å². The van der Waals surface area contributed by atoms with Crippen molar-refractivity contribution in [3.63, 3.8) is 0 Å². The van der Waals surface area contributed by atoms with Gasteiger partial charge in [0.25, 0.3) is 10.2 Å². The monoisotopic (exact) mass is 357 g/mol. The molecule has 3 aliphatic rings. The molecule has 2 saturated heterocycles. The van der Waals surface area contributed by atoms with Gasteiger partial charge in [0.2, 0.25) is 5.91 Å². The maximum Gasteiger partial charge on any atom is 0.282 e. The second-order valence-electron chi connectivity index (χ2n) is 7.59. The first-order valence-corrected chi connectivity index (χ1v) is 10.9. The van der Waals surface area contributed by atoms with Gasteiger partial charge in [-0.1, -0.05) is 19.3 Å². The summed E-state index contributed by atoms with van der Waals surface area (Å²) in [7, 11) is -3.42. The minimum absolute atomic E-state index is 0.0166. The van der Waals surface area contributed by atoms with Crippen molar-refractivity contribution in [1.82, 2.24) is 13.5 Å². The molecule has 0 radical (unpaired) electrons. The lowest BCUT2D eigenvalue weighted by atomic mass is 9.80. The zero-order chi connectivity index (χ0) is 17.4. The average Bonchev–Trinajstić information content (AvgIpc) is 3.18. The predicted octanol–water partition coefficient (Wildman–Crippen LogP) is 1.97. The normalized spacial score (nSPS) is 28.5.